The van der Waals surface area contributed by atoms with E-state index < -0.39 is 4.92 Å². The van der Waals surface area contributed by atoms with Crippen LogP contribution in [0.5, 0.6) is 0 Å². The minimum absolute atomic E-state index is 0.0893. The van der Waals surface area contributed by atoms with Crippen LogP contribution in [0, 0.1) is 10.1 Å². The second-order valence-corrected chi connectivity index (χ2v) is 4.90. The number of rotatable bonds is 7. The molecule has 0 fully saturated rings. The second-order valence-electron chi connectivity index (χ2n) is 4.90. The Balaban J connectivity index is 1.74. The largest absolute Gasteiger partial charge is 0.356 e. The summed E-state index contributed by atoms with van der Waals surface area (Å²) in [5, 5.41) is 21.2. The summed E-state index contributed by atoms with van der Waals surface area (Å²) >= 11 is 0. The molecule has 0 atom stereocenters. The van der Waals surface area contributed by atoms with Gasteiger partial charge in [0.05, 0.1) is 4.92 Å². The van der Waals surface area contributed by atoms with E-state index in [0.29, 0.717) is 12.5 Å². The van der Waals surface area contributed by atoms with Gasteiger partial charge >= 0.3 is 0 Å². The van der Waals surface area contributed by atoms with E-state index in [9.17, 15) is 10.1 Å². The van der Waals surface area contributed by atoms with E-state index in [1.165, 1.54) is 6.07 Å². The Bertz CT molecular complexity index is 654. The van der Waals surface area contributed by atoms with Crippen molar-refractivity contribution in [1.29, 1.82) is 0 Å². The molecule has 0 spiro atoms. The molecular weight excluding hydrogens is 296 g/mol. The molecule has 0 aliphatic heterocycles. The van der Waals surface area contributed by atoms with Gasteiger partial charge in [-0.3, -0.25) is 19.8 Å². The van der Waals surface area contributed by atoms with Crippen molar-refractivity contribution in [2.24, 2.45) is 4.99 Å². The normalized spacial score (nSPS) is 11.3. The number of aryl methyl sites for hydroxylation is 1. The maximum Gasteiger partial charge on any atom is 0.269 e. The number of nitro groups is 1. The van der Waals surface area contributed by atoms with Gasteiger partial charge in [-0.05, 0) is 18.1 Å². The molecular formula is C15H20N6O2. The predicted molar refractivity (Wildman–Crippen MR) is 88.1 cm³/mol. The minimum Gasteiger partial charge on any atom is -0.356 e. The molecule has 23 heavy (non-hydrogen) atoms. The topological polar surface area (TPSA) is 97.4 Å². The molecule has 0 unspecified atom stereocenters. The number of hydrogen-bond donors (Lipinski definition) is 2. The second kappa shape index (κ2) is 8.52. The molecule has 0 amide bonds. The first-order valence-corrected chi connectivity index (χ1v) is 7.34. The highest BCUT2D eigenvalue weighted by molar-refractivity contribution is 5.79. The van der Waals surface area contributed by atoms with Crippen molar-refractivity contribution < 1.29 is 4.92 Å². The Morgan fingerprint density at radius 3 is 2.96 bits per heavy atom. The Kier molecular flexibility index (Phi) is 6.10. The molecule has 1 aromatic heterocycles. The molecule has 2 aromatic rings. The molecule has 0 aliphatic rings. The highest BCUT2D eigenvalue weighted by Crippen LogP contribution is 2.12. The Morgan fingerprint density at radius 2 is 2.26 bits per heavy atom. The average molecular weight is 316 g/mol. The van der Waals surface area contributed by atoms with Crippen LogP contribution < -0.4 is 10.6 Å². The van der Waals surface area contributed by atoms with Crippen LogP contribution in [0.2, 0.25) is 0 Å². The molecule has 122 valence electrons. The highest BCUT2D eigenvalue weighted by Gasteiger charge is 2.06. The van der Waals surface area contributed by atoms with E-state index in [0.717, 1.165) is 25.1 Å². The molecule has 0 bridgehead atoms. The SMILES string of the molecule is CN=C(NCCCn1cccn1)NCc1cccc([N+](=O)[O-])c1. The lowest BCUT2D eigenvalue weighted by molar-refractivity contribution is -0.384. The third-order valence-corrected chi connectivity index (χ3v) is 3.22. The van der Waals surface area contributed by atoms with Crippen LogP contribution in [0.4, 0.5) is 5.69 Å². The summed E-state index contributed by atoms with van der Waals surface area (Å²) in [5.41, 5.74) is 0.921. The van der Waals surface area contributed by atoms with Crippen molar-refractivity contribution >= 4 is 11.6 Å². The molecule has 0 radical (unpaired) electrons. The first kappa shape index (κ1) is 16.5. The van der Waals surface area contributed by atoms with Gasteiger partial charge in [-0.15, -0.1) is 0 Å². The summed E-state index contributed by atoms with van der Waals surface area (Å²) in [4.78, 5) is 14.5. The van der Waals surface area contributed by atoms with Gasteiger partial charge in [0.2, 0.25) is 0 Å². The fourth-order valence-corrected chi connectivity index (χ4v) is 2.07. The van der Waals surface area contributed by atoms with Gasteiger partial charge in [-0.1, -0.05) is 12.1 Å². The zero-order valence-electron chi connectivity index (χ0n) is 13.0. The highest BCUT2D eigenvalue weighted by atomic mass is 16.6. The van der Waals surface area contributed by atoms with E-state index in [4.69, 9.17) is 0 Å². The number of guanidine groups is 1. The fourth-order valence-electron chi connectivity index (χ4n) is 2.07. The number of nitro benzene ring substituents is 1. The molecule has 8 nitrogen and oxygen atoms in total. The molecule has 0 saturated carbocycles. The zero-order valence-corrected chi connectivity index (χ0v) is 13.0. The van der Waals surface area contributed by atoms with Crippen molar-refractivity contribution in [3.63, 3.8) is 0 Å². The van der Waals surface area contributed by atoms with Gasteiger partial charge in [-0.2, -0.15) is 5.10 Å². The van der Waals surface area contributed by atoms with Gasteiger partial charge in [0.15, 0.2) is 5.96 Å². The van der Waals surface area contributed by atoms with E-state index in [-0.39, 0.29) is 5.69 Å². The Labute approximate surface area is 134 Å². The minimum atomic E-state index is -0.397. The predicted octanol–water partition coefficient (Wildman–Crippen LogP) is 1.55. The quantitative estimate of drug-likeness (QED) is 0.265. The van der Waals surface area contributed by atoms with Crippen molar-refractivity contribution in [2.45, 2.75) is 19.5 Å². The maximum absolute atomic E-state index is 10.8. The molecule has 0 aliphatic carbocycles. The monoisotopic (exact) mass is 316 g/mol. The van der Waals surface area contributed by atoms with Gasteiger partial charge in [0.25, 0.3) is 5.69 Å². The van der Waals surface area contributed by atoms with E-state index in [1.54, 1.807) is 25.4 Å². The summed E-state index contributed by atoms with van der Waals surface area (Å²) in [7, 11) is 1.69. The Hall–Kier alpha value is -2.90. The van der Waals surface area contributed by atoms with Crippen LogP contribution in [0.3, 0.4) is 0 Å². The number of benzene rings is 1. The van der Waals surface area contributed by atoms with Crippen LogP contribution in [0.15, 0.2) is 47.7 Å². The number of non-ortho nitro benzene ring substituents is 1. The summed E-state index contributed by atoms with van der Waals surface area (Å²) in [5.74, 6) is 0.664. The summed E-state index contributed by atoms with van der Waals surface area (Å²) in [6.45, 7) is 2.07. The summed E-state index contributed by atoms with van der Waals surface area (Å²) in [6.07, 6.45) is 4.60. The first-order chi connectivity index (χ1) is 11.2. The Morgan fingerprint density at radius 1 is 1.39 bits per heavy atom. The summed E-state index contributed by atoms with van der Waals surface area (Å²) < 4.78 is 1.88. The maximum atomic E-state index is 10.8. The number of nitrogens with zero attached hydrogens (tertiary/aromatic N) is 4. The number of aromatic nitrogens is 2. The van der Waals surface area contributed by atoms with Crippen molar-refractivity contribution in [3.05, 3.63) is 58.4 Å². The molecule has 0 saturated heterocycles. The van der Waals surface area contributed by atoms with Gasteiger partial charge in [0.1, 0.15) is 0 Å². The van der Waals surface area contributed by atoms with Crippen LogP contribution in [0.1, 0.15) is 12.0 Å². The molecule has 8 heteroatoms. The molecule has 2 N–H and O–H groups in total. The molecule has 1 heterocycles. The lowest BCUT2D eigenvalue weighted by Crippen LogP contribution is -2.37. The average Bonchev–Trinajstić information content (AvgIpc) is 3.08. The standard InChI is InChI=1S/C15H20N6O2/c1-16-15(17-7-3-9-20-10-4-8-19-20)18-12-13-5-2-6-14(11-13)21(22)23/h2,4-6,8,10-11H,3,7,9,12H2,1H3,(H2,16,17,18). The van der Waals surface area contributed by atoms with E-state index in [1.807, 2.05) is 23.0 Å². The van der Waals surface area contributed by atoms with Crippen molar-refractivity contribution in [3.8, 4) is 0 Å². The van der Waals surface area contributed by atoms with Crippen LogP contribution >= 0.6 is 0 Å². The molecule has 1 aromatic carbocycles. The van der Waals surface area contributed by atoms with E-state index >= 15 is 0 Å². The third-order valence-electron chi connectivity index (χ3n) is 3.22. The number of aliphatic imine (C=N–C) groups is 1. The number of nitrogens with one attached hydrogen (secondary N) is 2. The van der Waals surface area contributed by atoms with Gasteiger partial charge in [0, 0.05) is 51.2 Å². The molecule has 2 rings (SSSR count). The number of hydrogen-bond acceptors (Lipinski definition) is 4. The van der Waals surface area contributed by atoms with Gasteiger partial charge < -0.3 is 10.6 Å². The fraction of sp³-hybridized carbons (Fsp3) is 0.333. The van der Waals surface area contributed by atoms with Crippen LogP contribution in [-0.4, -0.2) is 34.3 Å². The van der Waals surface area contributed by atoms with Gasteiger partial charge in [-0.25, -0.2) is 0 Å². The van der Waals surface area contributed by atoms with Crippen molar-refractivity contribution in [2.75, 3.05) is 13.6 Å². The van der Waals surface area contributed by atoms with Crippen LogP contribution in [0.25, 0.3) is 0 Å². The van der Waals surface area contributed by atoms with E-state index in [2.05, 4.69) is 20.7 Å². The smallest absolute Gasteiger partial charge is 0.269 e. The van der Waals surface area contributed by atoms with Crippen molar-refractivity contribution in [1.82, 2.24) is 20.4 Å². The first-order valence-electron chi connectivity index (χ1n) is 7.34. The van der Waals surface area contributed by atoms with Crippen LogP contribution in [-0.2, 0) is 13.1 Å². The lowest BCUT2D eigenvalue weighted by atomic mass is 10.2. The zero-order chi connectivity index (χ0) is 16.5. The summed E-state index contributed by atoms with van der Waals surface area (Å²) in [6, 6.07) is 8.44. The third kappa shape index (κ3) is 5.42. The lowest BCUT2D eigenvalue weighted by Gasteiger charge is -2.12.